The third kappa shape index (κ3) is 3.46. The van der Waals surface area contributed by atoms with E-state index in [4.69, 9.17) is 5.73 Å². The summed E-state index contributed by atoms with van der Waals surface area (Å²) in [4.78, 5) is 4.86. The number of likely N-dealkylation sites (tertiary alicyclic amines) is 1. The van der Waals surface area contributed by atoms with Gasteiger partial charge in [0.2, 0.25) is 0 Å². The van der Waals surface area contributed by atoms with E-state index in [9.17, 15) is 0 Å². The van der Waals surface area contributed by atoms with Crippen LogP contribution in [0.3, 0.4) is 0 Å². The second-order valence-corrected chi connectivity index (χ2v) is 6.24. The van der Waals surface area contributed by atoms with E-state index in [0.717, 1.165) is 23.2 Å². The normalized spacial score (nSPS) is 20.8. The molecule has 0 saturated carbocycles. The highest BCUT2D eigenvalue weighted by molar-refractivity contribution is 9.10. The maximum Gasteiger partial charge on any atom is 0.0458 e. The summed E-state index contributed by atoms with van der Waals surface area (Å²) in [6, 6.07) is 6.94. The first kappa shape index (κ1) is 13.8. The molecule has 1 aliphatic rings. The zero-order valence-electron chi connectivity index (χ0n) is 11.2. The number of halogens is 1. The maximum absolute atomic E-state index is 5.82. The molecule has 4 heteroatoms. The first-order chi connectivity index (χ1) is 8.56. The van der Waals surface area contributed by atoms with Crippen molar-refractivity contribution in [2.24, 2.45) is 0 Å². The Balaban J connectivity index is 2.01. The Hall–Kier alpha value is -0.580. The molecule has 18 heavy (non-hydrogen) atoms. The lowest BCUT2D eigenvalue weighted by molar-refractivity contribution is 0.201. The molecule has 1 aliphatic heterocycles. The van der Waals surface area contributed by atoms with Crippen molar-refractivity contribution in [2.45, 2.75) is 25.4 Å². The van der Waals surface area contributed by atoms with Gasteiger partial charge in [0.25, 0.3) is 0 Å². The fourth-order valence-electron chi connectivity index (χ4n) is 2.64. The minimum Gasteiger partial charge on any atom is -0.398 e. The van der Waals surface area contributed by atoms with Crippen LogP contribution in [0.4, 0.5) is 5.69 Å². The third-order valence-electron chi connectivity index (χ3n) is 3.53. The molecule has 1 fully saturated rings. The second-order valence-electron chi connectivity index (χ2n) is 5.38. The van der Waals surface area contributed by atoms with Crippen LogP contribution in [-0.2, 0) is 6.54 Å². The van der Waals surface area contributed by atoms with Crippen molar-refractivity contribution in [3.05, 3.63) is 28.2 Å². The predicted molar refractivity (Wildman–Crippen MR) is 80.5 cm³/mol. The van der Waals surface area contributed by atoms with Crippen molar-refractivity contribution < 1.29 is 0 Å². The molecule has 3 nitrogen and oxygen atoms in total. The van der Waals surface area contributed by atoms with E-state index < -0.39 is 0 Å². The number of anilines is 1. The van der Waals surface area contributed by atoms with Crippen LogP contribution in [0, 0.1) is 0 Å². The summed E-state index contributed by atoms with van der Waals surface area (Å²) in [5.41, 5.74) is 7.97. The van der Waals surface area contributed by atoms with Crippen molar-refractivity contribution in [1.82, 2.24) is 9.80 Å². The van der Waals surface area contributed by atoms with E-state index in [-0.39, 0.29) is 0 Å². The van der Waals surface area contributed by atoms with Gasteiger partial charge in [-0.2, -0.15) is 0 Å². The molecular formula is C14H22BrN3. The van der Waals surface area contributed by atoms with Gasteiger partial charge in [-0.25, -0.2) is 0 Å². The number of nitrogens with two attached hydrogens (primary N) is 1. The minimum absolute atomic E-state index is 0.691. The van der Waals surface area contributed by atoms with Gasteiger partial charge in [0.05, 0.1) is 0 Å². The molecule has 2 rings (SSSR count). The highest BCUT2D eigenvalue weighted by atomic mass is 79.9. The summed E-state index contributed by atoms with van der Waals surface area (Å²) in [5, 5.41) is 0. The summed E-state index contributed by atoms with van der Waals surface area (Å²) in [5.74, 6) is 0. The Kier molecular flexibility index (Phi) is 4.65. The molecule has 1 heterocycles. The van der Waals surface area contributed by atoms with Crippen LogP contribution in [0.1, 0.15) is 18.4 Å². The van der Waals surface area contributed by atoms with E-state index in [1.807, 2.05) is 6.07 Å². The smallest absolute Gasteiger partial charge is 0.0458 e. The van der Waals surface area contributed by atoms with Crippen molar-refractivity contribution in [3.63, 3.8) is 0 Å². The van der Waals surface area contributed by atoms with Gasteiger partial charge in [-0.1, -0.05) is 6.07 Å². The Morgan fingerprint density at radius 2 is 2.22 bits per heavy atom. The quantitative estimate of drug-likeness (QED) is 0.867. The first-order valence-electron chi connectivity index (χ1n) is 6.49. The van der Waals surface area contributed by atoms with Crippen LogP contribution in [0.15, 0.2) is 22.7 Å². The third-order valence-corrected chi connectivity index (χ3v) is 4.21. The molecule has 2 N–H and O–H groups in total. The van der Waals surface area contributed by atoms with E-state index in [2.05, 4.69) is 52.0 Å². The number of likely N-dealkylation sites (N-methyl/N-ethyl adjacent to an activating group) is 1. The number of benzene rings is 1. The van der Waals surface area contributed by atoms with Gasteiger partial charge in [0, 0.05) is 29.3 Å². The Morgan fingerprint density at radius 3 is 2.89 bits per heavy atom. The summed E-state index contributed by atoms with van der Waals surface area (Å²) in [6.45, 7) is 3.38. The number of hydrogen-bond donors (Lipinski definition) is 1. The molecule has 0 radical (unpaired) electrons. The van der Waals surface area contributed by atoms with Gasteiger partial charge >= 0.3 is 0 Å². The molecule has 1 saturated heterocycles. The van der Waals surface area contributed by atoms with E-state index in [0.29, 0.717) is 6.04 Å². The zero-order valence-corrected chi connectivity index (χ0v) is 12.8. The number of hydrogen-bond acceptors (Lipinski definition) is 3. The van der Waals surface area contributed by atoms with Crippen LogP contribution >= 0.6 is 15.9 Å². The van der Waals surface area contributed by atoms with Gasteiger partial charge in [-0.3, -0.25) is 4.90 Å². The lowest BCUT2D eigenvalue weighted by atomic mass is 10.1. The summed E-state index contributed by atoms with van der Waals surface area (Å²) in [7, 11) is 4.30. The molecule has 0 aliphatic carbocycles. The van der Waals surface area contributed by atoms with E-state index in [1.165, 1.54) is 24.9 Å². The number of nitrogens with zero attached hydrogens (tertiary/aromatic N) is 2. The first-order valence-corrected chi connectivity index (χ1v) is 7.28. The average Bonchev–Trinajstić information content (AvgIpc) is 2.70. The molecule has 1 aromatic carbocycles. The molecule has 0 bridgehead atoms. The second kappa shape index (κ2) is 6.04. The zero-order chi connectivity index (χ0) is 13.1. The Bertz CT molecular complexity index is 406. The number of nitrogen functional groups attached to an aromatic ring is 1. The van der Waals surface area contributed by atoms with Crippen LogP contribution < -0.4 is 5.73 Å². The monoisotopic (exact) mass is 311 g/mol. The van der Waals surface area contributed by atoms with Crippen LogP contribution in [-0.4, -0.2) is 43.0 Å². The molecule has 1 aromatic rings. The summed E-state index contributed by atoms with van der Waals surface area (Å²) < 4.78 is 1.00. The maximum atomic E-state index is 5.82. The van der Waals surface area contributed by atoms with Crippen molar-refractivity contribution in [3.8, 4) is 0 Å². The lowest BCUT2D eigenvalue weighted by Crippen LogP contribution is -2.37. The molecule has 1 unspecified atom stereocenters. The molecule has 0 aromatic heterocycles. The molecule has 0 amide bonds. The van der Waals surface area contributed by atoms with Gasteiger partial charge < -0.3 is 10.6 Å². The SMILES string of the molecule is CN(C)CC1CCCN1Cc1ccc(N)c(Br)c1. The Labute approximate surface area is 118 Å². The van der Waals surface area contributed by atoms with Gasteiger partial charge in [0.1, 0.15) is 0 Å². The van der Waals surface area contributed by atoms with Gasteiger partial charge in [-0.05, 0) is 67.1 Å². The highest BCUT2D eigenvalue weighted by Gasteiger charge is 2.24. The standard InChI is InChI=1S/C14H22BrN3/c1-17(2)10-12-4-3-7-18(12)9-11-5-6-14(16)13(15)8-11/h5-6,8,12H,3-4,7,9-10,16H2,1-2H3. The fraction of sp³-hybridized carbons (Fsp3) is 0.571. The average molecular weight is 312 g/mol. The van der Waals surface area contributed by atoms with Crippen LogP contribution in [0.25, 0.3) is 0 Å². The van der Waals surface area contributed by atoms with Crippen LogP contribution in [0.5, 0.6) is 0 Å². The largest absolute Gasteiger partial charge is 0.398 e. The van der Waals surface area contributed by atoms with Crippen LogP contribution in [0.2, 0.25) is 0 Å². The molecule has 100 valence electrons. The van der Waals surface area contributed by atoms with Gasteiger partial charge in [-0.15, -0.1) is 0 Å². The topological polar surface area (TPSA) is 32.5 Å². The summed E-state index contributed by atoms with van der Waals surface area (Å²) >= 11 is 3.50. The number of rotatable bonds is 4. The predicted octanol–water partition coefficient (Wildman–Crippen LogP) is 2.56. The minimum atomic E-state index is 0.691. The molecule has 0 spiro atoms. The van der Waals surface area contributed by atoms with Gasteiger partial charge in [0.15, 0.2) is 0 Å². The van der Waals surface area contributed by atoms with Crippen molar-refractivity contribution in [1.29, 1.82) is 0 Å². The van der Waals surface area contributed by atoms with E-state index >= 15 is 0 Å². The Morgan fingerprint density at radius 1 is 1.44 bits per heavy atom. The molecule has 1 atom stereocenters. The highest BCUT2D eigenvalue weighted by Crippen LogP contribution is 2.24. The summed E-state index contributed by atoms with van der Waals surface area (Å²) in [6.07, 6.45) is 2.63. The fourth-order valence-corrected chi connectivity index (χ4v) is 3.06. The van der Waals surface area contributed by atoms with Crippen molar-refractivity contribution >= 4 is 21.6 Å². The van der Waals surface area contributed by atoms with Crippen molar-refractivity contribution in [2.75, 3.05) is 32.9 Å². The lowest BCUT2D eigenvalue weighted by Gasteiger charge is -2.27. The van der Waals surface area contributed by atoms with E-state index in [1.54, 1.807) is 0 Å². The molecular weight excluding hydrogens is 290 g/mol.